The molecule has 3 nitrogen and oxygen atoms in total. The number of rotatable bonds is 4. The maximum Gasteiger partial charge on any atom is 0.236 e. The molecule has 1 N–H and O–H groups in total. The fourth-order valence-electron chi connectivity index (χ4n) is 1.57. The fourth-order valence-corrected chi connectivity index (χ4v) is 3.75. The van der Waals surface area contributed by atoms with Crippen LogP contribution in [-0.4, -0.2) is 8.42 Å². The van der Waals surface area contributed by atoms with Crippen molar-refractivity contribution in [1.29, 1.82) is 0 Å². The average Bonchev–Trinajstić information content (AvgIpc) is 2.33. The van der Waals surface area contributed by atoms with E-state index in [9.17, 15) is 8.42 Å². The van der Waals surface area contributed by atoms with Crippen LogP contribution >= 0.6 is 34.2 Å². The zero-order valence-electron chi connectivity index (χ0n) is 9.81. The predicted molar refractivity (Wildman–Crippen MR) is 86.9 cm³/mol. The van der Waals surface area contributed by atoms with E-state index in [0.29, 0.717) is 10.7 Å². The second kappa shape index (κ2) is 6.11. The molecule has 19 heavy (non-hydrogen) atoms. The highest BCUT2D eigenvalue weighted by Gasteiger charge is 2.13. The van der Waals surface area contributed by atoms with E-state index < -0.39 is 10.0 Å². The van der Waals surface area contributed by atoms with Crippen LogP contribution in [-0.2, 0) is 15.8 Å². The van der Waals surface area contributed by atoms with Gasteiger partial charge in [0.2, 0.25) is 10.0 Å². The van der Waals surface area contributed by atoms with Crippen molar-refractivity contribution in [2.45, 2.75) is 5.75 Å². The Labute approximate surface area is 131 Å². The van der Waals surface area contributed by atoms with E-state index in [1.807, 2.05) is 18.2 Å². The molecule has 2 aromatic rings. The van der Waals surface area contributed by atoms with Crippen LogP contribution in [0.2, 0.25) is 5.02 Å². The van der Waals surface area contributed by atoms with Crippen molar-refractivity contribution >= 4 is 49.9 Å². The van der Waals surface area contributed by atoms with Crippen LogP contribution in [0.3, 0.4) is 0 Å². The number of benzene rings is 2. The molecule has 0 amide bonds. The van der Waals surface area contributed by atoms with Gasteiger partial charge in [0.05, 0.1) is 16.5 Å². The van der Waals surface area contributed by atoms with Crippen molar-refractivity contribution in [3.05, 3.63) is 62.7 Å². The van der Waals surface area contributed by atoms with Crippen molar-refractivity contribution in [3.63, 3.8) is 0 Å². The first-order valence-electron chi connectivity index (χ1n) is 5.46. The zero-order valence-corrected chi connectivity index (χ0v) is 13.5. The molecule has 0 saturated carbocycles. The topological polar surface area (TPSA) is 46.2 Å². The summed E-state index contributed by atoms with van der Waals surface area (Å²) in [6.07, 6.45) is 0. The van der Waals surface area contributed by atoms with Crippen molar-refractivity contribution < 1.29 is 8.42 Å². The van der Waals surface area contributed by atoms with Gasteiger partial charge in [-0.05, 0) is 46.4 Å². The summed E-state index contributed by atoms with van der Waals surface area (Å²) in [6.45, 7) is 0. The number of nitrogens with one attached hydrogen (secondary N) is 1. The zero-order chi connectivity index (χ0) is 13.9. The Bertz CT molecular complexity index is 674. The number of anilines is 1. The minimum atomic E-state index is -3.46. The molecule has 0 saturated heterocycles. The minimum Gasteiger partial charge on any atom is -0.282 e. The third-order valence-electron chi connectivity index (χ3n) is 2.40. The summed E-state index contributed by atoms with van der Waals surface area (Å²) in [5.41, 5.74) is 1.13. The summed E-state index contributed by atoms with van der Waals surface area (Å²) in [4.78, 5) is 0. The molecular formula is C13H11ClINO2S. The molecule has 0 unspecified atom stereocenters. The highest BCUT2D eigenvalue weighted by molar-refractivity contribution is 14.1. The van der Waals surface area contributed by atoms with Gasteiger partial charge < -0.3 is 0 Å². The highest BCUT2D eigenvalue weighted by Crippen LogP contribution is 2.25. The van der Waals surface area contributed by atoms with Gasteiger partial charge in [-0.1, -0.05) is 41.9 Å². The lowest BCUT2D eigenvalue weighted by Crippen LogP contribution is -2.15. The Morgan fingerprint density at radius 3 is 2.42 bits per heavy atom. The first-order chi connectivity index (χ1) is 8.96. The van der Waals surface area contributed by atoms with Crippen molar-refractivity contribution in [3.8, 4) is 0 Å². The summed E-state index contributed by atoms with van der Waals surface area (Å²) < 4.78 is 27.5. The smallest absolute Gasteiger partial charge is 0.236 e. The molecule has 0 atom stereocenters. The number of hydrogen-bond donors (Lipinski definition) is 1. The summed E-state index contributed by atoms with van der Waals surface area (Å²) in [7, 11) is -3.46. The lowest BCUT2D eigenvalue weighted by Gasteiger charge is -2.09. The van der Waals surface area contributed by atoms with Crippen LogP contribution in [0.5, 0.6) is 0 Å². The van der Waals surface area contributed by atoms with Crippen molar-refractivity contribution in [1.82, 2.24) is 0 Å². The molecule has 6 heteroatoms. The second-order valence-corrected chi connectivity index (χ2v) is 7.35. The number of sulfonamides is 1. The molecule has 0 aliphatic carbocycles. The SMILES string of the molecule is O=S(=O)(Cc1ccccc1)Nc1ccc(I)cc1Cl. The van der Waals surface area contributed by atoms with Gasteiger partial charge in [-0.25, -0.2) is 8.42 Å². The number of hydrogen-bond acceptors (Lipinski definition) is 2. The van der Waals surface area contributed by atoms with Gasteiger partial charge in [0.15, 0.2) is 0 Å². The summed E-state index contributed by atoms with van der Waals surface area (Å²) in [5.74, 6) is -0.0733. The lowest BCUT2D eigenvalue weighted by molar-refractivity contribution is 0.600. The van der Waals surface area contributed by atoms with Crippen molar-refractivity contribution in [2.75, 3.05) is 4.72 Å². The molecule has 0 spiro atoms. The first-order valence-corrected chi connectivity index (χ1v) is 8.57. The van der Waals surface area contributed by atoms with E-state index in [-0.39, 0.29) is 5.75 Å². The third kappa shape index (κ3) is 4.36. The van der Waals surface area contributed by atoms with E-state index in [1.165, 1.54) is 0 Å². The van der Waals surface area contributed by atoms with E-state index >= 15 is 0 Å². The molecule has 0 fully saturated rings. The van der Waals surface area contributed by atoms with Crippen LogP contribution in [0, 0.1) is 3.57 Å². The second-order valence-electron chi connectivity index (χ2n) is 3.97. The van der Waals surface area contributed by atoms with Gasteiger partial charge in [0.1, 0.15) is 0 Å². The predicted octanol–water partition coefficient (Wildman–Crippen LogP) is 3.89. The Morgan fingerprint density at radius 1 is 1.11 bits per heavy atom. The summed E-state index contributed by atoms with van der Waals surface area (Å²) in [5, 5.41) is 0.392. The van der Waals surface area contributed by atoms with Gasteiger partial charge >= 0.3 is 0 Å². The molecule has 2 rings (SSSR count). The van der Waals surface area contributed by atoms with E-state index in [2.05, 4.69) is 27.3 Å². The Balaban J connectivity index is 2.17. The maximum absolute atomic E-state index is 12.0. The van der Waals surface area contributed by atoms with Crippen molar-refractivity contribution in [2.24, 2.45) is 0 Å². The molecule has 2 aromatic carbocycles. The molecule has 0 heterocycles. The largest absolute Gasteiger partial charge is 0.282 e. The van der Waals surface area contributed by atoms with E-state index in [0.717, 1.165) is 9.13 Å². The van der Waals surface area contributed by atoms with E-state index in [4.69, 9.17) is 11.6 Å². The van der Waals surface area contributed by atoms with Crippen LogP contribution in [0.4, 0.5) is 5.69 Å². The van der Waals surface area contributed by atoms with Crippen LogP contribution in [0.25, 0.3) is 0 Å². The summed E-state index contributed by atoms with van der Waals surface area (Å²) in [6, 6.07) is 14.2. The molecule has 0 aliphatic heterocycles. The first kappa shape index (κ1) is 14.6. The average molecular weight is 408 g/mol. The molecule has 0 aromatic heterocycles. The molecule has 100 valence electrons. The number of halogens is 2. The minimum absolute atomic E-state index is 0.0733. The fraction of sp³-hybridized carbons (Fsp3) is 0.0769. The quantitative estimate of drug-likeness (QED) is 0.782. The molecule has 0 aliphatic rings. The molecule has 0 radical (unpaired) electrons. The Morgan fingerprint density at radius 2 is 1.79 bits per heavy atom. The maximum atomic E-state index is 12.0. The standard InChI is InChI=1S/C13H11ClINO2S/c14-12-8-11(15)6-7-13(12)16-19(17,18)9-10-4-2-1-3-5-10/h1-8,16H,9H2. The van der Waals surface area contributed by atoms with E-state index in [1.54, 1.807) is 30.3 Å². The monoisotopic (exact) mass is 407 g/mol. The van der Waals surface area contributed by atoms with Gasteiger partial charge in [-0.15, -0.1) is 0 Å². The third-order valence-corrected chi connectivity index (χ3v) is 4.62. The Kier molecular flexibility index (Phi) is 4.70. The van der Waals surface area contributed by atoms with Gasteiger partial charge in [0.25, 0.3) is 0 Å². The Hall–Kier alpha value is -0.790. The van der Waals surface area contributed by atoms with Gasteiger partial charge in [-0.3, -0.25) is 4.72 Å². The molecule has 0 bridgehead atoms. The van der Waals surface area contributed by atoms with Gasteiger partial charge in [0, 0.05) is 3.57 Å². The van der Waals surface area contributed by atoms with Crippen LogP contribution in [0.1, 0.15) is 5.56 Å². The van der Waals surface area contributed by atoms with Gasteiger partial charge in [-0.2, -0.15) is 0 Å². The highest BCUT2D eigenvalue weighted by atomic mass is 127. The normalized spacial score (nSPS) is 11.3. The molecular weight excluding hydrogens is 397 g/mol. The van der Waals surface area contributed by atoms with Crippen LogP contribution in [0.15, 0.2) is 48.5 Å². The van der Waals surface area contributed by atoms with Crippen LogP contribution < -0.4 is 4.72 Å². The lowest BCUT2D eigenvalue weighted by atomic mass is 10.2. The summed E-state index contributed by atoms with van der Waals surface area (Å²) >= 11 is 8.12.